The molecule has 0 saturated carbocycles. The normalized spacial score (nSPS) is 11.9. The molecule has 0 fully saturated rings. The van der Waals surface area contributed by atoms with Crippen LogP contribution in [-0.4, -0.2) is 6.18 Å². The van der Waals surface area contributed by atoms with Gasteiger partial charge in [-0.3, -0.25) is 0 Å². The Balaban J connectivity index is 4.12. The molecule has 0 saturated heterocycles. The van der Waals surface area contributed by atoms with E-state index in [0.717, 1.165) is 32.1 Å². The molecular weight excluding hydrogens is 253 g/mol. The predicted octanol–water partition coefficient (Wildman–Crippen LogP) is 5.11. The first-order chi connectivity index (χ1) is 8.89. The van der Waals surface area contributed by atoms with E-state index in [1.165, 1.54) is 0 Å². The zero-order valence-corrected chi connectivity index (χ0v) is 11.4. The maximum atomic E-state index is 12.2. The molecule has 0 aliphatic heterocycles. The van der Waals surface area contributed by atoms with E-state index in [1.54, 1.807) is 12.1 Å². The second-order valence-electron chi connectivity index (χ2n) is 4.94. The van der Waals surface area contributed by atoms with E-state index in [2.05, 4.69) is 6.92 Å². The van der Waals surface area contributed by atoms with Crippen molar-refractivity contribution in [2.45, 2.75) is 70.9 Å². The molecule has 0 spiro atoms. The van der Waals surface area contributed by atoms with Crippen LogP contribution in [0.5, 0.6) is 0 Å². The van der Waals surface area contributed by atoms with Crippen LogP contribution in [0.3, 0.4) is 0 Å². The Hall–Kier alpha value is -1.23. The van der Waals surface area contributed by atoms with Gasteiger partial charge in [-0.05, 0) is 12.8 Å². The van der Waals surface area contributed by atoms with Gasteiger partial charge in [0, 0.05) is 6.42 Å². The van der Waals surface area contributed by atoms with E-state index in [9.17, 15) is 13.2 Å². The number of nitriles is 2. The van der Waals surface area contributed by atoms with Gasteiger partial charge in [-0.15, -0.1) is 0 Å². The Morgan fingerprint density at radius 3 is 1.79 bits per heavy atom. The van der Waals surface area contributed by atoms with Crippen molar-refractivity contribution in [1.29, 1.82) is 10.5 Å². The third kappa shape index (κ3) is 8.48. The first-order valence-corrected chi connectivity index (χ1v) is 6.78. The molecule has 5 heteroatoms. The second-order valence-corrected chi connectivity index (χ2v) is 4.94. The van der Waals surface area contributed by atoms with Gasteiger partial charge in [0.1, 0.15) is 5.41 Å². The predicted molar refractivity (Wildman–Crippen MR) is 66.9 cm³/mol. The number of unbranched alkanes of at least 4 members (excludes halogenated alkanes) is 5. The van der Waals surface area contributed by atoms with Crippen LogP contribution in [0.25, 0.3) is 0 Å². The van der Waals surface area contributed by atoms with Crippen molar-refractivity contribution in [3.63, 3.8) is 0 Å². The van der Waals surface area contributed by atoms with E-state index >= 15 is 0 Å². The van der Waals surface area contributed by atoms with Crippen molar-refractivity contribution < 1.29 is 13.2 Å². The zero-order chi connectivity index (χ0) is 14.8. The lowest BCUT2D eigenvalue weighted by atomic mass is 9.81. The third-order valence-electron chi connectivity index (χ3n) is 3.22. The van der Waals surface area contributed by atoms with Crippen molar-refractivity contribution in [3.8, 4) is 12.1 Å². The summed E-state index contributed by atoms with van der Waals surface area (Å²) in [5.41, 5.74) is -1.47. The summed E-state index contributed by atoms with van der Waals surface area (Å²) in [6.07, 6.45) is 0.358. The van der Waals surface area contributed by atoms with E-state index < -0.39 is 24.4 Å². The Kier molecular flexibility index (Phi) is 8.23. The van der Waals surface area contributed by atoms with Gasteiger partial charge in [-0.1, -0.05) is 45.4 Å². The molecule has 0 aromatic heterocycles. The topological polar surface area (TPSA) is 47.6 Å². The highest BCUT2D eigenvalue weighted by atomic mass is 19.4. The SMILES string of the molecule is CCCCCCCCC(C#N)(C#N)CCC(F)(F)F. The average Bonchev–Trinajstić information content (AvgIpc) is 2.37. The lowest BCUT2D eigenvalue weighted by Crippen LogP contribution is -2.20. The Bertz CT molecular complexity index is 309. The molecule has 0 aromatic carbocycles. The highest BCUT2D eigenvalue weighted by molar-refractivity contribution is 5.13. The maximum absolute atomic E-state index is 12.2. The number of nitrogens with zero attached hydrogens (tertiary/aromatic N) is 2. The van der Waals surface area contributed by atoms with E-state index in [0.29, 0.717) is 6.42 Å². The summed E-state index contributed by atoms with van der Waals surface area (Å²) in [5.74, 6) is 0. The molecule has 0 rings (SSSR count). The first-order valence-electron chi connectivity index (χ1n) is 6.78. The molecule has 0 atom stereocenters. The lowest BCUT2D eigenvalue weighted by Gasteiger charge is -2.19. The van der Waals surface area contributed by atoms with Gasteiger partial charge in [0.15, 0.2) is 0 Å². The van der Waals surface area contributed by atoms with Crippen molar-refractivity contribution in [2.75, 3.05) is 0 Å². The van der Waals surface area contributed by atoms with Gasteiger partial charge in [0.05, 0.1) is 12.1 Å². The fourth-order valence-electron chi connectivity index (χ4n) is 1.94. The van der Waals surface area contributed by atoms with E-state index in [4.69, 9.17) is 10.5 Å². The molecule has 0 aliphatic rings. The summed E-state index contributed by atoms with van der Waals surface area (Å²) in [7, 11) is 0. The molecule has 0 bridgehead atoms. The van der Waals surface area contributed by atoms with Crippen LogP contribution in [0.4, 0.5) is 13.2 Å². The number of hydrogen-bond donors (Lipinski definition) is 0. The van der Waals surface area contributed by atoms with Gasteiger partial charge in [-0.2, -0.15) is 23.7 Å². The van der Waals surface area contributed by atoms with Gasteiger partial charge in [-0.25, -0.2) is 0 Å². The summed E-state index contributed by atoms with van der Waals surface area (Å²) >= 11 is 0. The molecule has 0 radical (unpaired) electrons. The fourth-order valence-corrected chi connectivity index (χ4v) is 1.94. The third-order valence-corrected chi connectivity index (χ3v) is 3.22. The van der Waals surface area contributed by atoms with Crippen molar-refractivity contribution in [2.24, 2.45) is 5.41 Å². The van der Waals surface area contributed by atoms with Crippen molar-refractivity contribution >= 4 is 0 Å². The summed E-state index contributed by atoms with van der Waals surface area (Å²) < 4.78 is 36.5. The van der Waals surface area contributed by atoms with Crippen LogP contribution in [0.2, 0.25) is 0 Å². The van der Waals surface area contributed by atoms with E-state index in [-0.39, 0.29) is 6.42 Å². The Labute approximate surface area is 113 Å². The number of hydrogen-bond acceptors (Lipinski definition) is 2. The van der Waals surface area contributed by atoms with Crippen LogP contribution in [0.15, 0.2) is 0 Å². The quantitative estimate of drug-likeness (QED) is 0.548. The van der Waals surface area contributed by atoms with Crippen LogP contribution in [0.1, 0.15) is 64.7 Å². The standard InChI is InChI=1S/C14H21F3N2/c1-2-3-4-5-6-7-8-13(11-18,12-19)9-10-14(15,16)17/h2-10H2,1H3. The zero-order valence-electron chi connectivity index (χ0n) is 11.4. The van der Waals surface area contributed by atoms with Crippen LogP contribution >= 0.6 is 0 Å². The minimum atomic E-state index is -4.31. The minimum absolute atomic E-state index is 0.238. The molecule has 0 amide bonds. The van der Waals surface area contributed by atoms with Crippen LogP contribution in [0, 0.1) is 28.1 Å². The highest BCUT2D eigenvalue weighted by Crippen LogP contribution is 2.34. The Morgan fingerprint density at radius 1 is 0.789 bits per heavy atom. The molecule has 0 N–H and O–H groups in total. The number of alkyl halides is 3. The second kappa shape index (κ2) is 8.80. The number of rotatable bonds is 9. The largest absolute Gasteiger partial charge is 0.389 e. The molecule has 0 aliphatic carbocycles. The van der Waals surface area contributed by atoms with Gasteiger partial charge in [0.25, 0.3) is 0 Å². The molecule has 2 nitrogen and oxygen atoms in total. The van der Waals surface area contributed by atoms with Crippen LogP contribution in [-0.2, 0) is 0 Å². The molecule has 19 heavy (non-hydrogen) atoms. The minimum Gasteiger partial charge on any atom is -0.197 e. The molecule has 0 unspecified atom stereocenters. The smallest absolute Gasteiger partial charge is 0.197 e. The average molecular weight is 274 g/mol. The molecule has 0 aromatic rings. The lowest BCUT2D eigenvalue weighted by molar-refractivity contribution is -0.138. The van der Waals surface area contributed by atoms with Gasteiger partial charge in [0.2, 0.25) is 0 Å². The monoisotopic (exact) mass is 274 g/mol. The molecule has 0 heterocycles. The summed E-state index contributed by atoms with van der Waals surface area (Å²) in [6.45, 7) is 2.10. The first kappa shape index (κ1) is 17.8. The van der Waals surface area contributed by atoms with Gasteiger partial charge < -0.3 is 0 Å². The number of halogens is 3. The summed E-state index contributed by atoms with van der Waals surface area (Å²) in [5, 5.41) is 17.9. The summed E-state index contributed by atoms with van der Waals surface area (Å²) in [6, 6.07) is 3.56. The van der Waals surface area contributed by atoms with E-state index in [1.807, 2.05) is 0 Å². The van der Waals surface area contributed by atoms with Crippen molar-refractivity contribution in [3.05, 3.63) is 0 Å². The van der Waals surface area contributed by atoms with Crippen molar-refractivity contribution in [1.82, 2.24) is 0 Å². The fraction of sp³-hybridized carbons (Fsp3) is 0.857. The maximum Gasteiger partial charge on any atom is 0.389 e. The highest BCUT2D eigenvalue weighted by Gasteiger charge is 2.36. The Morgan fingerprint density at radius 2 is 1.32 bits per heavy atom. The van der Waals surface area contributed by atoms with Gasteiger partial charge >= 0.3 is 6.18 Å². The molecule has 108 valence electrons. The van der Waals surface area contributed by atoms with Crippen LogP contribution < -0.4 is 0 Å². The summed E-state index contributed by atoms with van der Waals surface area (Å²) in [4.78, 5) is 0. The molecular formula is C14H21F3N2.